The molecule has 1 heterocycles. The van der Waals surface area contributed by atoms with Crippen LogP contribution in [0.25, 0.3) is 0 Å². The van der Waals surface area contributed by atoms with Gasteiger partial charge in [0.05, 0.1) is 30.3 Å². The number of nitrogens with one attached hydrogen (secondary N) is 1. The predicted octanol–water partition coefficient (Wildman–Crippen LogP) is 6.33. The van der Waals surface area contributed by atoms with Crippen molar-refractivity contribution in [3.05, 3.63) is 113 Å². The van der Waals surface area contributed by atoms with Gasteiger partial charge >= 0.3 is 0 Å². The Hall–Kier alpha value is -3.85. The zero-order chi connectivity index (χ0) is 26.5. The van der Waals surface area contributed by atoms with Crippen LogP contribution < -0.4 is 14.8 Å². The Kier molecular flexibility index (Phi) is 8.13. The molecule has 0 amide bonds. The number of hydrogen-bond donors (Lipinski definition) is 1. The van der Waals surface area contributed by atoms with Gasteiger partial charge in [0.1, 0.15) is 23.3 Å². The van der Waals surface area contributed by atoms with Crippen LogP contribution in [0.3, 0.4) is 0 Å². The molecule has 4 aromatic rings. The molecule has 3 aromatic carbocycles. The van der Waals surface area contributed by atoms with Gasteiger partial charge in [-0.05, 0) is 84.3 Å². The maximum Gasteiger partial charge on any atom is 0.161 e. The Bertz CT molecular complexity index is 1430. The van der Waals surface area contributed by atoms with Crippen molar-refractivity contribution in [2.45, 2.75) is 23.6 Å². The fraction of sp³-hybridized carbons (Fsp3) is 0.179. The second-order valence-corrected chi connectivity index (χ2v) is 9.80. The number of halogens is 3. The number of ether oxygens (including phenoxy) is 2. The van der Waals surface area contributed by atoms with Crippen molar-refractivity contribution in [1.82, 2.24) is 4.98 Å². The van der Waals surface area contributed by atoms with Crippen LogP contribution >= 0.6 is 0 Å². The lowest BCUT2D eigenvalue weighted by atomic mass is 10.0. The highest BCUT2D eigenvalue weighted by molar-refractivity contribution is 7.85. The molecule has 4 rings (SSSR count). The third-order valence-electron chi connectivity index (χ3n) is 5.85. The Balaban J connectivity index is 1.72. The highest BCUT2D eigenvalue weighted by Gasteiger charge is 2.28. The predicted molar refractivity (Wildman–Crippen MR) is 137 cm³/mol. The second-order valence-electron chi connectivity index (χ2n) is 8.27. The summed E-state index contributed by atoms with van der Waals surface area (Å²) in [6.45, 7) is 2.14. The minimum atomic E-state index is -1.88. The van der Waals surface area contributed by atoms with Crippen molar-refractivity contribution < 1.29 is 26.9 Å². The monoisotopic (exact) mass is 526 g/mol. The van der Waals surface area contributed by atoms with E-state index in [1.165, 1.54) is 24.3 Å². The van der Waals surface area contributed by atoms with Crippen LogP contribution in [0.2, 0.25) is 0 Å². The molecule has 0 saturated heterocycles. The topological polar surface area (TPSA) is 60.5 Å². The molecule has 37 heavy (non-hydrogen) atoms. The number of nitrogens with zero attached hydrogens (tertiary/aromatic N) is 1. The van der Waals surface area contributed by atoms with Crippen LogP contribution in [0.1, 0.15) is 27.5 Å². The summed E-state index contributed by atoms with van der Waals surface area (Å²) < 4.78 is 67.0. The van der Waals surface area contributed by atoms with Crippen molar-refractivity contribution in [2.24, 2.45) is 0 Å². The second kappa shape index (κ2) is 11.5. The molecule has 2 atom stereocenters. The van der Waals surface area contributed by atoms with Gasteiger partial charge in [-0.15, -0.1) is 0 Å². The third kappa shape index (κ3) is 5.94. The Morgan fingerprint density at radius 1 is 0.865 bits per heavy atom. The summed E-state index contributed by atoms with van der Waals surface area (Å²) in [6, 6.07) is 15.3. The summed E-state index contributed by atoms with van der Waals surface area (Å²) in [6.07, 6.45) is 1.58. The van der Waals surface area contributed by atoms with Crippen molar-refractivity contribution in [3.63, 3.8) is 0 Å². The lowest BCUT2D eigenvalue weighted by Gasteiger charge is -2.21. The average molecular weight is 527 g/mol. The molecule has 0 aliphatic heterocycles. The number of anilines is 1. The van der Waals surface area contributed by atoms with Gasteiger partial charge in [0.2, 0.25) is 0 Å². The van der Waals surface area contributed by atoms with Crippen LogP contribution in [0, 0.1) is 24.4 Å². The maximum atomic E-state index is 15.0. The maximum absolute atomic E-state index is 15.0. The first-order valence-corrected chi connectivity index (χ1v) is 12.5. The van der Waals surface area contributed by atoms with Crippen molar-refractivity contribution >= 4 is 16.6 Å². The van der Waals surface area contributed by atoms with E-state index in [-0.39, 0.29) is 10.5 Å². The summed E-state index contributed by atoms with van der Waals surface area (Å²) in [7, 11) is 1.23. The summed E-state index contributed by atoms with van der Waals surface area (Å²) in [5.41, 5.74) is 1.96. The summed E-state index contributed by atoms with van der Waals surface area (Å²) in [5.74, 6) is -0.209. The zero-order valence-electron chi connectivity index (χ0n) is 20.4. The third-order valence-corrected chi connectivity index (χ3v) is 7.52. The van der Waals surface area contributed by atoms with Gasteiger partial charge < -0.3 is 14.8 Å². The molecule has 0 aliphatic rings. The van der Waals surface area contributed by atoms with Gasteiger partial charge in [-0.25, -0.2) is 18.2 Å². The molecular weight excluding hydrogens is 501 g/mol. The van der Waals surface area contributed by atoms with Gasteiger partial charge in [-0.1, -0.05) is 6.07 Å². The number of aromatic nitrogens is 1. The molecule has 5 nitrogen and oxygen atoms in total. The highest BCUT2D eigenvalue weighted by Crippen LogP contribution is 2.36. The van der Waals surface area contributed by atoms with Crippen LogP contribution in [0.15, 0.2) is 77.8 Å². The Labute approximate surface area is 215 Å². The van der Waals surface area contributed by atoms with E-state index in [9.17, 15) is 17.4 Å². The van der Waals surface area contributed by atoms with Gasteiger partial charge in [0.15, 0.2) is 11.5 Å². The molecule has 2 unspecified atom stereocenters. The summed E-state index contributed by atoms with van der Waals surface area (Å²) >= 11 is 0. The van der Waals surface area contributed by atoms with E-state index >= 15 is 0 Å². The van der Waals surface area contributed by atoms with E-state index in [1.807, 2.05) is 12.1 Å². The highest BCUT2D eigenvalue weighted by atomic mass is 32.2. The van der Waals surface area contributed by atoms with Gasteiger partial charge in [0, 0.05) is 23.2 Å². The Morgan fingerprint density at radius 2 is 1.57 bits per heavy atom. The van der Waals surface area contributed by atoms with E-state index in [1.54, 1.807) is 39.5 Å². The van der Waals surface area contributed by atoms with Crippen molar-refractivity contribution in [1.29, 1.82) is 0 Å². The van der Waals surface area contributed by atoms with E-state index in [0.29, 0.717) is 35.0 Å². The molecule has 9 heteroatoms. The first-order valence-electron chi connectivity index (χ1n) is 11.3. The smallest absolute Gasteiger partial charge is 0.161 e. The molecule has 192 valence electrons. The number of pyridine rings is 1. The van der Waals surface area contributed by atoms with Crippen LogP contribution in [-0.2, 0) is 17.3 Å². The molecular formula is C28H25F3N2O3S. The van der Waals surface area contributed by atoms with Crippen LogP contribution in [0.4, 0.5) is 19.0 Å². The summed E-state index contributed by atoms with van der Waals surface area (Å²) in [5, 5.41) is 2.15. The van der Waals surface area contributed by atoms with Gasteiger partial charge in [-0.2, -0.15) is 0 Å². The van der Waals surface area contributed by atoms with E-state index < -0.39 is 33.5 Å². The Morgan fingerprint density at radius 3 is 2.27 bits per heavy atom. The molecule has 0 saturated carbocycles. The zero-order valence-corrected chi connectivity index (χ0v) is 21.2. The SMILES string of the molecule is COc1ccc(CNc2cc(C(c3cc(F)ccc3F)S(=O)c3ccc(F)cc3)c(C)cn2)cc1OC. The quantitative estimate of drug-likeness (QED) is 0.276. The minimum absolute atomic E-state index is 0.0669. The number of methoxy groups -OCH3 is 2. The lowest BCUT2D eigenvalue weighted by Crippen LogP contribution is -2.14. The average Bonchev–Trinajstić information content (AvgIpc) is 2.91. The number of benzene rings is 3. The van der Waals surface area contributed by atoms with Crippen LogP contribution in [0.5, 0.6) is 11.5 Å². The molecule has 0 fully saturated rings. The fourth-order valence-electron chi connectivity index (χ4n) is 3.92. The minimum Gasteiger partial charge on any atom is -0.493 e. The normalized spacial score (nSPS) is 12.6. The molecule has 0 bridgehead atoms. The van der Waals surface area contributed by atoms with Crippen molar-refractivity contribution in [3.8, 4) is 11.5 Å². The first-order chi connectivity index (χ1) is 17.8. The van der Waals surface area contributed by atoms with E-state index in [2.05, 4.69) is 10.3 Å². The number of hydrogen-bond acceptors (Lipinski definition) is 5. The van der Waals surface area contributed by atoms with Crippen molar-refractivity contribution in [2.75, 3.05) is 19.5 Å². The number of aryl methyl sites for hydroxylation is 1. The molecule has 1 aromatic heterocycles. The first kappa shape index (κ1) is 26.2. The fourth-order valence-corrected chi connectivity index (χ4v) is 5.49. The number of rotatable bonds is 9. The van der Waals surface area contributed by atoms with Gasteiger partial charge in [0.25, 0.3) is 0 Å². The molecule has 1 N–H and O–H groups in total. The van der Waals surface area contributed by atoms with Crippen LogP contribution in [-0.4, -0.2) is 23.4 Å². The van der Waals surface area contributed by atoms with Gasteiger partial charge in [-0.3, -0.25) is 4.21 Å². The molecule has 0 aliphatic carbocycles. The largest absolute Gasteiger partial charge is 0.493 e. The molecule has 0 spiro atoms. The van der Waals surface area contributed by atoms with E-state index in [0.717, 1.165) is 23.8 Å². The van der Waals surface area contributed by atoms with E-state index in [4.69, 9.17) is 9.47 Å². The standard InChI is InChI=1S/C28H25F3N2O3S/c1-17-15-32-27(33-16-18-4-11-25(35-2)26(12-18)36-3)14-22(17)28(23-13-20(30)7-10-24(23)31)37(34)21-8-5-19(29)6-9-21/h4-15,28H,16H2,1-3H3,(H,32,33). The summed E-state index contributed by atoms with van der Waals surface area (Å²) in [4.78, 5) is 4.69. The molecule has 0 radical (unpaired) electrons. The lowest BCUT2D eigenvalue weighted by molar-refractivity contribution is 0.354.